The minimum atomic E-state index is -2.82. The maximum atomic E-state index is 12.2. The highest BCUT2D eigenvalue weighted by Crippen LogP contribution is 2.42. The lowest BCUT2D eigenvalue weighted by molar-refractivity contribution is -0.140. The first kappa shape index (κ1) is 14.9. The zero-order valence-corrected chi connectivity index (χ0v) is 11.8. The summed E-state index contributed by atoms with van der Waals surface area (Å²) in [6.45, 7) is 0. The van der Waals surface area contributed by atoms with E-state index < -0.39 is 30.8 Å². The average Bonchev–Trinajstić information content (AvgIpc) is 3.11. The molecule has 0 aliphatic heterocycles. The largest absolute Gasteiger partial charge is 0.480 e. The Morgan fingerprint density at radius 2 is 2.15 bits per heavy atom. The topological polar surface area (TPSA) is 95.1 Å². The summed E-state index contributed by atoms with van der Waals surface area (Å²) < 4.78 is 25.0. The van der Waals surface area contributed by atoms with E-state index >= 15 is 0 Å². The summed E-state index contributed by atoms with van der Waals surface area (Å²) in [5, 5.41) is 17.4. The van der Waals surface area contributed by atoms with Crippen LogP contribution < -0.4 is 5.32 Å². The highest BCUT2D eigenvalue weighted by Gasteiger charge is 2.32. The SMILES string of the molecule is O=C(NC(CC(F)F)C(=O)O)c1n[nH]c(C2CC2)c1Br. The molecule has 3 N–H and O–H groups in total. The van der Waals surface area contributed by atoms with Gasteiger partial charge in [-0.2, -0.15) is 5.10 Å². The first-order valence-corrected chi connectivity index (χ1v) is 6.75. The van der Waals surface area contributed by atoms with Crippen molar-refractivity contribution in [2.75, 3.05) is 0 Å². The van der Waals surface area contributed by atoms with Crippen LogP contribution in [0, 0.1) is 0 Å². The highest BCUT2D eigenvalue weighted by molar-refractivity contribution is 9.10. The number of carboxylic acid groups (broad SMARTS) is 1. The van der Waals surface area contributed by atoms with Crippen LogP contribution in [0.5, 0.6) is 0 Å². The van der Waals surface area contributed by atoms with Gasteiger partial charge in [0.2, 0.25) is 6.43 Å². The van der Waals surface area contributed by atoms with E-state index in [1.807, 2.05) is 5.32 Å². The Kier molecular flexibility index (Phi) is 4.36. The summed E-state index contributed by atoms with van der Waals surface area (Å²) in [5.74, 6) is -1.99. The Bertz CT molecular complexity index is 531. The van der Waals surface area contributed by atoms with E-state index in [9.17, 15) is 18.4 Å². The Morgan fingerprint density at radius 3 is 2.65 bits per heavy atom. The molecule has 1 saturated carbocycles. The van der Waals surface area contributed by atoms with Crippen LogP contribution in [-0.2, 0) is 4.79 Å². The number of aromatic nitrogens is 2. The Hall–Kier alpha value is -1.51. The minimum absolute atomic E-state index is 0.0209. The smallest absolute Gasteiger partial charge is 0.326 e. The van der Waals surface area contributed by atoms with Gasteiger partial charge >= 0.3 is 5.97 Å². The van der Waals surface area contributed by atoms with Crippen molar-refractivity contribution in [1.29, 1.82) is 0 Å². The number of hydrogen-bond acceptors (Lipinski definition) is 3. The molecule has 0 spiro atoms. The van der Waals surface area contributed by atoms with Gasteiger partial charge < -0.3 is 10.4 Å². The number of H-pyrrole nitrogens is 1. The minimum Gasteiger partial charge on any atom is -0.480 e. The second-order valence-electron chi connectivity index (χ2n) is 4.57. The molecule has 6 nitrogen and oxygen atoms in total. The number of nitrogens with one attached hydrogen (secondary N) is 2. The van der Waals surface area contributed by atoms with Crippen LogP contribution in [-0.4, -0.2) is 39.6 Å². The number of carboxylic acids is 1. The van der Waals surface area contributed by atoms with Gasteiger partial charge in [0.05, 0.1) is 10.2 Å². The number of aliphatic carboxylic acids is 1. The quantitative estimate of drug-likeness (QED) is 0.729. The van der Waals surface area contributed by atoms with E-state index in [4.69, 9.17) is 5.11 Å². The van der Waals surface area contributed by atoms with Crippen molar-refractivity contribution < 1.29 is 23.5 Å². The summed E-state index contributed by atoms with van der Waals surface area (Å²) in [7, 11) is 0. The summed E-state index contributed by atoms with van der Waals surface area (Å²) in [4.78, 5) is 22.7. The maximum absolute atomic E-state index is 12.2. The first-order chi connectivity index (χ1) is 9.40. The second-order valence-corrected chi connectivity index (χ2v) is 5.36. The third kappa shape index (κ3) is 3.33. The molecule has 0 aromatic carbocycles. The van der Waals surface area contributed by atoms with Crippen molar-refractivity contribution >= 4 is 27.8 Å². The lowest BCUT2D eigenvalue weighted by Crippen LogP contribution is -2.42. The van der Waals surface area contributed by atoms with Crippen LogP contribution >= 0.6 is 15.9 Å². The fraction of sp³-hybridized carbons (Fsp3) is 0.545. The van der Waals surface area contributed by atoms with Crippen molar-refractivity contribution in [3.05, 3.63) is 15.9 Å². The molecule has 1 unspecified atom stereocenters. The highest BCUT2D eigenvalue weighted by atomic mass is 79.9. The molecule has 2 rings (SSSR count). The molecule has 0 radical (unpaired) electrons. The van der Waals surface area contributed by atoms with Gasteiger partial charge in [0.1, 0.15) is 6.04 Å². The van der Waals surface area contributed by atoms with Crippen LogP contribution in [0.4, 0.5) is 8.78 Å². The Balaban J connectivity index is 2.08. The molecule has 1 fully saturated rings. The number of alkyl halides is 2. The third-order valence-corrected chi connectivity index (χ3v) is 3.75. The van der Waals surface area contributed by atoms with Gasteiger partial charge in [0.25, 0.3) is 5.91 Å². The molecular formula is C11H12BrF2N3O3. The molecule has 9 heteroatoms. The Morgan fingerprint density at radius 1 is 1.50 bits per heavy atom. The second kappa shape index (κ2) is 5.86. The van der Waals surface area contributed by atoms with E-state index in [0.717, 1.165) is 18.5 Å². The van der Waals surface area contributed by atoms with E-state index in [2.05, 4.69) is 26.1 Å². The number of aromatic amines is 1. The van der Waals surface area contributed by atoms with E-state index in [1.165, 1.54) is 0 Å². The number of carbonyl (C=O) groups is 2. The van der Waals surface area contributed by atoms with E-state index in [-0.39, 0.29) is 5.69 Å². The molecule has 0 saturated heterocycles. The van der Waals surface area contributed by atoms with Crippen molar-refractivity contribution in [3.8, 4) is 0 Å². The predicted octanol–water partition coefficient (Wildman–Crippen LogP) is 1.89. The summed E-state index contributed by atoms with van der Waals surface area (Å²) in [6, 6.07) is -1.64. The normalized spacial score (nSPS) is 16.2. The van der Waals surface area contributed by atoms with Crippen molar-refractivity contribution in [2.24, 2.45) is 0 Å². The van der Waals surface area contributed by atoms with E-state index in [1.54, 1.807) is 0 Å². The number of amides is 1. The van der Waals surface area contributed by atoms with Crippen molar-refractivity contribution in [2.45, 2.75) is 37.6 Å². The van der Waals surface area contributed by atoms with Gasteiger partial charge in [0.15, 0.2) is 5.69 Å². The Labute approximate surface area is 121 Å². The molecule has 0 bridgehead atoms. The number of nitrogens with zero attached hydrogens (tertiary/aromatic N) is 1. The molecule has 1 aromatic rings. The zero-order chi connectivity index (χ0) is 14.9. The summed E-state index contributed by atoms with van der Waals surface area (Å²) >= 11 is 3.22. The predicted molar refractivity (Wildman–Crippen MR) is 67.8 cm³/mol. The van der Waals surface area contributed by atoms with Crippen LogP contribution in [0.15, 0.2) is 4.47 Å². The van der Waals surface area contributed by atoms with Crippen LogP contribution in [0.1, 0.15) is 41.4 Å². The molecule has 1 aliphatic rings. The molecule has 1 aliphatic carbocycles. The lowest BCUT2D eigenvalue weighted by Gasteiger charge is -2.13. The fourth-order valence-corrected chi connectivity index (χ4v) is 2.44. The van der Waals surface area contributed by atoms with Crippen molar-refractivity contribution in [3.63, 3.8) is 0 Å². The summed E-state index contributed by atoms with van der Waals surface area (Å²) in [5.41, 5.74) is 0.753. The maximum Gasteiger partial charge on any atom is 0.326 e. The average molecular weight is 352 g/mol. The van der Waals surface area contributed by atoms with Crippen molar-refractivity contribution in [1.82, 2.24) is 15.5 Å². The van der Waals surface area contributed by atoms with E-state index in [0.29, 0.717) is 10.4 Å². The number of halogens is 3. The zero-order valence-electron chi connectivity index (χ0n) is 10.2. The molecule has 1 atom stereocenters. The molecule has 1 aromatic heterocycles. The molecule has 20 heavy (non-hydrogen) atoms. The molecule has 1 amide bonds. The fourth-order valence-electron chi connectivity index (χ4n) is 1.76. The van der Waals surface area contributed by atoms with Crippen LogP contribution in [0.2, 0.25) is 0 Å². The van der Waals surface area contributed by atoms with Gasteiger partial charge in [-0.1, -0.05) is 0 Å². The van der Waals surface area contributed by atoms with Gasteiger partial charge in [-0.05, 0) is 28.8 Å². The lowest BCUT2D eigenvalue weighted by atomic mass is 10.2. The van der Waals surface area contributed by atoms with Crippen LogP contribution in [0.3, 0.4) is 0 Å². The van der Waals surface area contributed by atoms with Gasteiger partial charge in [0, 0.05) is 12.3 Å². The third-order valence-electron chi connectivity index (χ3n) is 2.95. The number of hydrogen-bond donors (Lipinski definition) is 3. The molecule has 110 valence electrons. The number of carbonyl (C=O) groups excluding carboxylic acids is 1. The standard InChI is InChI=1S/C11H12BrF2N3O3/c12-7-8(4-1-2-4)16-17-9(7)10(18)15-5(11(19)20)3-6(13)14/h4-6H,1-3H2,(H,15,18)(H,16,17)(H,19,20). The first-order valence-electron chi connectivity index (χ1n) is 5.95. The number of rotatable bonds is 6. The summed E-state index contributed by atoms with van der Waals surface area (Å²) in [6.07, 6.45) is -1.78. The monoisotopic (exact) mass is 351 g/mol. The van der Waals surface area contributed by atoms with Gasteiger partial charge in [-0.15, -0.1) is 0 Å². The molecular weight excluding hydrogens is 340 g/mol. The molecule has 1 heterocycles. The van der Waals surface area contributed by atoms with Gasteiger partial charge in [-0.3, -0.25) is 9.89 Å². The van der Waals surface area contributed by atoms with Crippen LogP contribution in [0.25, 0.3) is 0 Å². The van der Waals surface area contributed by atoms with Gasteiger partial charge in [-0.25, -0.2) is 13.6 Å².